The fourth-order valence-corrected chi connectivity index (χ4v) is 2.94. The van der Waals surface area contributed by atoms with Crippen LogP contribution in [0.15, 0.2) is 70.6 Å². The van der Waals surface area contributed by atoms with E-state index in [1.54, 1.807) is 6.20 Å². The van der Waals surface area contributed by atoms with Crippen molar-refractivity contribution in [1.29, 1.82) is 0 Å². The van der Waals surface area contributed by atoms with Gasteiger partial charge in [-0.15, -0.1) is 0 Å². The Morgan fingerprint density at radius 2 is 1.81 bits per heavy atom. The Morgan fingerprint density at radius 1 is 1.04 bits per heavy atom. The van der Waals surface area contributed by atoms with Gasteiger partial charge in [-0.3, -0.25) is 5.43 Å². The molecule has 2 aromatic carbocycles. The smallest absolute Gasteiger partial charge is 0.181 e. The number of aromatic nitrogens is 1. The van der Waals surface area contributed by atoms with Crippen molar-refractivity contribution in [3.63, 3.8) is 0 Å². The average Bonchev–Trinajstić information content (AvgIpc) is 3.25. The Balaban J connectivity index is 1.34. The number of benzene rings is 2. The molecule has 0 aliphatic carbocycles. The van der Waals surface area contributed by atoms with Gasteiger partial charge >= 0.3 is 0 Å². The van der Waals surface area contributed by atoms with E-state index < -0.39 is 0 Å². The topological polar surface area (TPSA) is 65.7 Å². The number of piperazine rings is 1. The molecule has 6 nitrogen and oxygen atoms in total. The number of nitrogens with zero attached hydrogens (tertiary/aromatic N) is 3. The van der Waals surface area contributed by atoms with E-state index in [9.17, 15) is 0 Å². The van der Waals surface area contributed by atoms with Crippen LogP contribution >= 0.6 is 0 Å². The molecule has 2 N–H and O–H groups in total. The van der Waals surface area contributed by atoms with Crippen LogP contribution in [-0.2, 0) is 0 Å². The van der Waals surface area contributed by atoms with Gasteiger partial charge in [0.25, 0.3) is 0 Å². The second-order valence-electron chi connectivity index (χ2n) is 6.14. The minimum absolute atomic E-state index is 0.754. The van der Waals surface area contributed by atoms with Crippen molar-refractivity contribution in [3.05, 3.63) is 66.7 Å². The Hall–Kier alpha value is -3.12. The molecule has 0 radical (unpaired) electrons. The second-order valence-corrected chi connectivity index (χ2v) is 6.14. The summed E-state index contributed by atoms with van der Waals surface area (Å²) in [6.07, 6.45) is 4.95. The van der Waals surface area contributed by atoms with Gasteiger partial charge in [-0.05, 0) is 42.0 Å². The molecule has 132 valence electrons. The molecule has 26 heavy (non-hydrogen) atoms. The van der Waals surface area contributed by atoms with E-state index in [1.807, 2.05) is 30.5 Å². The molecule has 1 aliphatic heterocycles. The van der Waals surface area contributed by atoms with Crippen LogP contribution in [-0.4, -0.2) is 37.4 Å². The average molecular weight is 347 g/mol. The molecule has 6 heteroatoms. The maximum Gasteiger partial charge on any atom is 0.181 e. The number of hydrazone groups is 1. The minimum Gasteiger partial charge on any atom is -0.444 e. The highest BCUT2D eigenvalue weighted by atomic mass is 16.3. The van der Waals surface area contributed by atoms with Crippen LogP contribution in [0.25, 0.3) is 11.3 Å². The van der Waals surface area contributed by atoms with Gasteiger partial charge in [0.05, 0.1) is 18.1 Å². The highest BCUT2D eigenvalue weighted by Crippen LogP contribution is 2.20. The monoisotopic (exact) mass is 347 g/mol. The second kappa shape index (κ2) is 7.84. The molecule has 1 fully saturated rings. The first-order valence-corrected chi connectivity index (χ1v) is 8.72. The number of hydrogen-bond acceptors (Lipinski definition) is 6. The Bertz CT molecular complexity index is 835. The number of nitrogens with one attached hydrogen (secondary N) is 2. The highest BCUT2D eigenvalue weighted by Gasteiger charge is 2.09. The molecule has 1 aromatic heterocycles. The lowest BCUT2D eigenvalue weighted by molar-refractivity contribution is 0.572. The summed E-state index contributed by atoms with van der Waals surface area (Å²) in [6, 6.07) is 16.4. The number of hydrogen-bond donors (Lipinski definition) is 2. The van der Waals surface area contributed by atoms with Gasteiger partial charge in [-0.1, -0.05) is 12.1 Å². The first kappa shape index (κ1) is 16.4. The van der Waals surface area contributed by atoms with Crippen LogP contribution < -0.4 is 15.6 Å². The van der Waals surface area contributed by atoms with E-state index in [1.165, 1.54) is 12.1 Å². The summed E-state index contributed by atoms with van der Waals surface area (Å²) in [4.78, 5) is 6.32. The maximum absolute atomic E-state index is 5.28. The third-order valence-electron chi connectivity index (χ3n) is 4.38. The summed E-state index contributed by atoms with van der Waals surface area (Å²) in [5.74, 6) is 0.754. The van der Waals surface area contributed by atoms with Crippen molar-refractivity contribution < 1.29 is 4.42 Å². The van der Waals surface area contributed by atoms with Crippen molar-refractivity contribution in [2.24, 2.45) is 5.10 Å². The maximum atomic E-state index is 5.28. The molecular formula is C20H21N5O. The predicted octanol–water partition coefficient (Wildman–Crippen LogP) is 3.20. The first-order valence-electron chi connectivity index (χ1n) is 8.72. The third kappa shape index (κ3) is 3.92. The summed E-state index contributed by atoms with van der Waals surface area (Å²) in [6.45, 7) is 4.20. The van der Waals surface area contributed by atoms with Gasteiger partial charge in [0.1, 0.15) is 0 Å². The fourth-order valence-electron chi connectivity index (χ4n) is 2.94. The van der Waals surface area contributed by atoms with Crippen molar-refractivity contribution in [2.75, 3.05) is 36.5 Å². The van der Waals surface area contributed by atoms with Crippen LogP contribution in [0.4, 0.5) is 11.4 Å². The zero-order chi connectivity index (χ0) is 17.6. The molecule has 0 amide bonds. The Kier molecular flexibility index (Phi) is 4.93. The largest absolute Gasteiger partial charge is 0.444 e. The van der Waals surface area contributed by atoms with Gasteiger partial charge in [-0.25, -0.2) is 4.98 Å². The number of rotatable bonds is 5. The Morgan fingerprint density at radius 3 is 2.50 bits per heavy atom. The van der Waals surface area contributed by atoms with E-state index >= 15 is 0 Å². The standard InChI is InChI=1S/C20H21N5O/c1-7-19(25-11-9-21-10-12-25)8-2-16(1)13-23-24-18-5-3-17(4-6-18)20-14-22-15-26-20/h1-8,13-15,21,24H,9-12H2. The molecule has 1 aliphatic rings. The van der Waals surface area contributed by atoms with E-state index in [0.717, 1.165) is 48.8 Å². The van der Waals surface area contributed by atoms with Gasteiger partial charge in [0.15, 0.2) is 12.2 Å². The summed E-state index contributed by atoms with van der Waals surface area (Å²) < 4.78 is 5.28. The molecular weight excluding hydrogens is 326 g/mol. The van der Waals surface area contributed by atoms with Crippen LogP contribution in [0.3, 0.4) is 0 Å². The first-order chi connectivity index (χ1) is 12.9. The molecule has 0 spiro atoms. The molecule has 4 rings (SSSR count). The molecule has 2 heterocycles. The van der Waals surface area contributed by atoms with Crippen LogP contribution in [0.5, 0.6) is 0 Å². The van der Waals surface area contributed by atoms with Crippen LogP contribution in [0.1, 0.15) is 5.56 Å². The lowest BCUT2D eigenvalue weighted by atomic mass is 10.2. The van der Waals surface area contributed by atoms with E-state index in [4.69, 9.17) is 4.42 Å². The quantitative estimate of drug-likeness (QED) is 0.548. The van der Waals surface area contributed by atoms with Crippen LogP contribution in [0, 0.1) is 0 Å². The van der Waals surface area contributed by atoms with E-state index in [0.29, 0.717) is 0 Å². The van der Waals surface area contributed by atoms with Crippen molar-refractivity contribution in [3.8, 4) is 11.3 Å². The Labute approximate surface area is 152 Å². The molecule has 3 aromatic rings. The zero-order valence-corrected chi connectivity index (χ0v) is 14.4. The van der Waals surface area contributed by atoms with Crippen molar-refractivity contribution in [1.82, 2.24) is 10.3 Å². The van der Waals surface area contributed by atoms with Crippen molar-refractivity contribution in [2.45, 2.75) is 0 Å². The van der Waals surface area contributed by atoms with E-state index in [2.05, 4.69) is 50.0 Å². The normalized spacial score (nSPS) is 14.7. The molecule has 1 saturated heterocycles. The lowest BCUT2D eigenvalue weighted by Gasteiger charge is -2.29. The highest BCUT2D eigenvalue weighted by molar-refractivity contribution is 5.81. The minimum atomic E-state index is 0.754. The SMILES string of the molecule is C(=NNc1ccc(-c2cnco2)cc1)c1ccc(N2CCNCC2)cc1. The molecule has 0 atom stereocenters. The zero-order valence-electron chi connectivity index (χ0n) is 14.4. The number of anilines is 2. The van der Waals surface area contributed by atoms with Crippen molar-refractivity contribution >= 4 is 17.6 Å². The van der Waals surface area contributed by atoms with Gasteiger partial charge in [0, 0.05) is 37.4 Å². The van der Waals surface area contributed by atoms with E-state index in [-0.39, 0.29) is 0 Å². The lowest BCUT2D eigenvalue weighted by Crippen LogP contribution is -2.43. The molecule has 0 unspecified atom stereocenters. The third-order valence-corrected chi connectivity index (χ3v) is 4.38. The fraction of sp³-hybridized carbons (Fsp3) is 0.200. The van der Waals surface area contributed by atoms with Crippen LogP contribution in [0.2, 0.25) is 0 Å². The summed E-state index contributed by atoms with van der Waals surface area (Å²) in [5, 5.41) is 7.68. The molecule has 0 bridgehead atoms. The summed E-state index contributed by atoms with van der Waals surface area (Å²) in [5.41, 5.74) is 7.28. The number of oxazole rings is 1. The molecule has 0 saturated carbocycles. The predicted molar refractivity (Wildman–Crippen MR) is 105 cm³/mol. The summed E-state index contributed by atoms with van der Waals surface area (Å²) in [7, 11) is 0. The van der Waals surface area contributed by atoms with Gasteiger partial charge < -0.3 is 14.6 Å². The van der Waals surface area contributed by atoms with Gasteiger partial charge in [0.2, 0.25) is 0 Å². The van der Waals surface area contributed by atoms with Gasteiger partial charge in [-0.2, -0.15) is 5.10 Å². The summed E-state index contributed by atoms with van der Waals surface area (Å²) >= 11 is 0.